The fourth-order valence-corrected chi connectivity index (χ4v) is 1.87. The number of carbonyl (C=O) groups is 1. The minimum absolute atomic E-state index is 0. The van der Waals surface area contributed by atoms with E-state index in [1.807, 2.05) is 37.4 Å². The van der Waals surface area contributed by atoms with Crippen molar-refractivity contribution < 1.29 is 4.79 Å². The highest BCUT2D eigenvalue weighted by Crippen LogP contribution is 2.24. The molecule has 1 aromatic rings. The summed E-state index contributed by atoms with van der Waals surface area (Å²) >= 11 is 1.62. The largest absolute Gasteiger partial charge is 0.328 e. The molecule has 96 valence electrons. The number of rotatable bonds is 5. The minimum Gasteiger partial charge on any atom is -0.328 e. The summed E-state index contributed by atoms with van der Waals surface area (Å²) in [6, 6.07) is 7.85. The Bertz CT molecular complexity index is 358. The van der Waals surface area contributed by atoms with Crippen LogP contribution in [0.25, 0.3) is 0 Å². The Morgan fingerprint density at radius 2 is 2.12 bits per heavy atom. The van der Waals surface area contributed by atoms with E-state index in [1.165, 1.54) is 0 Å². The lowest BCUT2D eigenvalue weighted by molar-refractivity contribution is -0.116. The Balaban J connectivity index is 0.00000256. The maximum atomic E-state index is 11.6. The molecule has 0 aliphatic rings. The van der Waals surface area contributed by atoms with Crippen molar-refractivity contribution in [1.82, 2.24) is 0 Å². The molecule has 1 unspecified atom stereocenters. The number of thioether (sulfide) groups is 1. The van der Waals surface area contributed by atoms with Gasteiger partial charge in [-0.25, -0.2) is 0 Å². The van der Waals surface area contributed by atoms with Crippen molar-refractivity contribution in [3.05, 3.63) is 24.3 Å². The van der Waals surface area contributed by atoms with Crippen LogP contribution in [0.1, 0.15) is 19.8 Å². The van der Waals surface area contributed by atoms with Gasteiger partial charge < -0.3 is 11.1 Å². The lowest BCUT2D eigenvalue weighted by Crippen LogP contribution is -2.19. The van der Waals surface area contributed by atoms with E-state index < -0.39 is 0 Å². The third-order valence-electron chi connectivity index (χ3n) is 2.21. The first-order chi connectivity index (χ1) is 7.63. The zero-order valence-electron chi connectivity index (χ0n) is 10.1. The van der Waals surface area contributed by atoms with E-state index in [0.29, 0.717) is 12.8 Å². The summed E-state index contributed by atoms with van der Waals surface area (Å²) in [5.41, 5.74) is 6.49. The maximum Gasteiger partial charge on any atom is 0.224 e. The Morgan fingerprint density at radius 3 is 2.71 bits per heavy atom. The van der Waals surface area contributed by atoms with Crippen LogP contribution in [-0.2, 0) is 4.79 Å². The Kier molecular flexibility index (Phi) is 8.04. The number of nitrogens with one attached hydrogen (secondary N) is 1. The second-order valence-corrected chi connectivity index (χ2v) is 4.61. The molecule has 0 saturated carbocycles. The number of hydrogen-bond acceptors (Lipinski definition) is 3. The number of benzene rings is 1. The van der Waals surface area contributed by atoms with Gasteiger partial charge in [0, 0.05) is 17.4 Å². The molecule has 0 bridgehead atoms. The molecule has 0 aliphatic heterocycles. The number of anilines is 1. The summed E-state index contributed by atoms with van der Waals surface area (Å²) < 4.78 is 0. The molecule has 1 rings (SSSR count). The standard InChI is InChI=1S/C12H18N2OS.ClH/c1-9(13)7-8-12(15)14-10-5-3-4-6-11(10)16-2;/h3-6,9H,7-8,13H2,1-2H3,(H,14,15);1H. The molecule has 1 aromatic carbocycles. The van der Waals surface area contributed by atoms with Crippen LogP contribution in [0, 0.1) is 0 Å². The van der Waals surface area contributed by atoms with E-state index in [2.05, 4.69) is 5.32 Å². The summed E-state index contributed by atoms with van der Waals surface area (Å²) in [5.74, 6) is 0.0267. The first kappa shape index (κ1) is 16.3. The van der Waals surface area contributed by atoms with Gasteiger partial charge in [0.05, 0.1) is 5.69 Å². The molecule has 3 nitrogen and oxygen atoms in total. The molecular formula is C12H19ClN2OS. The molecule has 0 fully saturated rings. The smallest absolute Gasteiger partial charge is 0.224 e. The van der Waals surface area contributed by atoms with Crippen LogP contribution in [0.3, 0.4) is 0 Å². The number of halogens is 1. The van der Waals surface area contributed by atoms with Gasteiger partial charge in [0.15, 0.2) is 0 Å². The highest BCUT2D eigenvalue weighted by atomic mass is 35.5. The van der Waals surface area contributed by atoms with Crippen LogP contribution < -0.4 is 11.1 Å². The second-order valence-electron chi connectivity index (χ2n) is 3.76. The zero-order chi connectivity index (χ0) is 12.0. The van der Waals surface area contributed by atoms with Crippen molar-refractivity contribution >= 4 is 35.8 Å². The molecule has 0 saturated heterocycles. The first-order valence-corrected chi connectivity index (χ1v) is 6.54. The van der Waals surface area contributed by atoms with Gasteiger partial charge in [-0.1, -0.05) is 12.1 Å². The molecule has 1 amide bonds. The minimum atomic E-state index is 0. The zero-order valence-corrected chi connectivity index (χ0v) is 11.7. The second kappa shape index (κ2) is 8.39. The van der Waals surface area contributed by atoms with Gasteiger partial charge in [0.25, 0.3) is 0 Å². The van der Waals surface area contributed by atoms with Gasteiger partial charge in [-0.2, -0.15) is 0 Å². The Hall–Kier alpha value is -0.710. The normalized spacial score (nSPS) is 11.5. The predicted molar refractivity (Wildman–Crippen MR) is 77.0 cm³/mol. The van der Waals surface area contributed by atoms with Crippen molar-refractivity contribution in [2.45, 2.75) is 30.7 Å². The molecule has 3 N–H and O–H groups in total. The van der Waals surface area contributed by atoms with E-state index in [0.717, 1.165) is 10.6 Å². The molecular weight excluding hydrogens is 256 g/mol. The van der Waals surface area contributed by atoms with Gasteiger partial charge in [-0.3, -0.25) is 4.79 Å². The van der Waals surface area contributed by atoms with Gasteiger partial charge in [-0.15, -0.1) is 24.2 Å². The van der Waals surface area contributed by atoms with Crippen molar-refractivity contribution in [3.63, 3.8) is 0 Å². The van der Waals surface area contributed by atoms with Crippen molar-refractivity contribution in [2.75, 3.05) is 11.6 Å². The molecule has 0 aliphatic carbocycles. The summed E-state index contributed by atoms with van der Waals surface area (Å²) in [6.45, 7) is 1.91. The fraction of sp³-hybridized carbons (Fsp3) is 0.417. The van der Waals surface area contributed by atoms with E-state index in [1.54, 1.807) is 11.8 Å². The number of para-hydroxylation sites is 1. The lowest BCUT2D eigenvalue weighted by Gasteiger charge is -2.09. The average molecular weight is 275 g/mol. The van der Waals surface area contributed by atoms with Crippen LogP contribution in [0.15, 0.2) is 29.2 Å². The Labute approximate surface area is 113 Å². The number of carbonyl (C=O) groups excluding carboxylic acids is 1. The SMILES string of the molecule is CSc1ccccc1NC(=O)CCC(C)N.Cl. The van der Waals surface area contributed by atoms with E-state index in [-0.39, 0.29) is 24.4 Å². The molecule has 0 aromatic heterocycles. The van der Waals surface area contributed by atoms with Gasteiger partial charge >= 0.3 is 0 Å². The average Bonchev–Trinajstić information content (AvgIpc) is 2.27. The van der Waals surface area contributed by atoms with Crippen LogP contribution in [0.4, 0.5) is 5.69 Å². The lowest BCUT2D eigenvalue weighted by atomic mass is 10.2. The number of hydrogen-bond donors (Lipinski definition) is 2. The molecule has 0 radical (unpaired) electrons. The summed E-state index contributed by atoms with van der Waals surface area (Å²) in [6.07, 6.45) is 3.18. The predicted octanol–water partition coefficient (Wildman–Crippen LogP) is 2.90. The Morgan fingerprint density at radius 1 is 1.47 bits per heavy atom. The van der Waals surface area contributed by atoms with Crippen molar-refractivity contribution in [3.8, 4) is 0 Å². The van der Waals surface area contributed by atoms with Crippen LogP contribution >= 0.6 is 24.2 Å². The first-order valence-electron chi connectivity index (χ1n) is 5.32. The van der Waals surface area contributed by atoms with Gasteiger partial charge in [0.2, 0.25) is 5.91 Å². The van der Waals surface area contributed by atoms with Gasteiger partial charge in [-0.05, 0) is 31.7 Å². The van der Waals surface area contributed by atoms with Gasteiger partial charge in [0.1, 0.15) is 0 Å². The molecule has 0 heterocycles. The molecule has 1 atom stereocenters. The quantitative estimate of drug-likeness (QED) is 0.812. The number of nitrogens with two attached hydrogens (primary N) is 1. The van der Waals surface area contributed by atoms with E-state index >= 15 is 0 Å². The molecule has 17 heavy (non-hydrogen) atoms. The van der Waals surface area contributed by atoms with Crippen LogP contribution in [0.5, 0.6) is 0 Å². The molecule has 5 heteroatoms. The number of amides is 1. The topological polar surface area (TPSA) is 55.1 Å². The summed E-state index contributed by atoms with van der Waals surface area (Å²) in [7, 11) is 0. The van der Waals surface area contributed by atoms with Crippen LogP contribution in [-0.4, -0.2) is 18.2 Å². The summed E-state index contributed by atoms with van der Waals surface area (Å²) in [5, 5.41) is 2.90. The monoisotopic (exact) mass is 274 g/mol. The third kappa shape index (κ3) is 5.96. The van der Waals surface area contributed by atoms with E-state index in [9.17, 15) is 4.79 Å². The summed E-state index contributed by atoms with van der Waals surface area (Å²) in [4.78, 5) is 12.7. The van der Waals surface area contributed by atoms with E-state index in [4.69, 9.17) is 5.73 Å². The third-order valence-corrected chi connectivity index (χ3v) is 3.00. The van der Waals surface area contributed by atoms with Crippen molar-refractivity contribution in [1.29, 1.82) is 0 Å². The fourth-order valence-electron chi connectivity index (χ4n) is 1.32. The van der Waals surface area contributed by atoms with Crippen LogP contribution in [0.2, 0.25) is 0 Å². The maximum absolute atomic E-state index is 11.6. The van der Waals surface area contributed by atoms with Crippen molar-refractivity contribution in [2.24, 2.45) is 5.73 Å². The highest BCUT2D eigenvalue weighted by molar-refractivity contribution is 7.98. The molecule has 0 spiro atoms. The highest BCUT2D eigenvalue weighted by Gasteiger charge is 2.06.